The normalized spacial score (nSPS) is 20.4. The number of ether oxygens (including phenoxy) is 4. The van der Waals surface area contributed by atoms with Gasteiger partial charge in [-0.1, -0.05) is 0 Å². The van der Waals surface area contributed by atoms with Gasteiger partial charge in [0.2, 0.25) is 0 Å². The fraction of sp³-hybridized carbons (Fsp3) is 1.00. The molecule has 0 amide bonds. The van der Waals surface area contributed by atoms with Crippen molar-refractivity contribution in [2.75, 3.05) is 0 Å². The Kier molecular flexibility index (Phi) is 11.2. The van der Waals surface area contributed by atoms with Crippen LogP contribution >= 0.6 is 0 Å². The molecule has 4 nitrogen and oxygen atoms in total. The van der Waals surface area contributed by atoms with Crippen molar-refractivity contribution >= 4 is 0 Å². The van der Waals surface area contributed by atoms with Crippen LogP contribution in [-0.4, -0.2) is 85.2 Å². The van der Waals surface area contributed by atoms with E-state index in [1.54, 1.807) is 0 Å². The third kappa shape index (κ3) is 7.84. The average Bonchev–Trinajstić information content (AvgIpc) is 2.73. The van der Waals surface area contributed by atoms with Gasteiger partial charge in [-0.15, -0.1) is 0 Å². The highest BCUT2D eigenvalue weighted by molar-refractivity contribution is 4.98. The first-order chi connectivity index (χ1) is 19.7. The Labute approximate surface area is 233 Å². The van der Waals surface area contributed by atoms with Crippen LogP contribution in [0.25, 0.3) is 0 Å². The van der Waals surface area contributed by atoms with E-state index in [2.05, 4.69) is 0 Å². The Morgan fingerprint density at radius 3 is 0.745 bits per heavy atom. The topological polar surface area (TPSA) is 36.9 Å². The second-order valence-electron chi connectivity index (χ2n) is 7.70. The van der Waals surface area contributed by atoms with Gasteiger partial charge in [0, 0.05) is 0 Å². The zero-order valence-corrected chi connectivity index (χ0v) is 19.7. The van der Waals surface area contributed by atoms with Crippen LogP contribution in [0.5, 0.6) is 0 Å². The van der Waals surface area contributed by atoms with Crippen LogP contribution in [0.2, 0.25) is 0 Å². The Hall–Kier alpha value is -2.19. The lowest BCUT2D eigenvalue weighted by molar-refractivity contribution is -0.590. The van der Waals surface area contributed by atoms with Crippen molar-refractivity contribution in [3.63, 3.8) is 0 Å². The molecule has 4 atom stereocenters. The van der Waals surface area contributed by atoms with E-state index in [1.807, 2.05) is 0 Å². The number of hydrogen-bond acceptors (Lipinski definition) is 4. The minimum atomic E-state index is -9.13. The summed E-state index contributed by atoms with van der Waals surface area (Å²) in [6, 6.07) is 0. The molecule has 0 heterocycles. The number of halogens is 29. The van der Waals surface area contributed by atoms with E-state index in [4.69, 9.17) is 0 Å². The number of hydrogen-bond donors (Lipinski definition) is 0. The molecular weight excluding hydrogens is 783 g/mol. The van der Waals surface area contributed by atoms with Crippen LogP contribution < -0.4 is 0 Å². The van der Waals surface area contributed by atoms with Crippen molar-refractivity contribution in [2.45, 2.75) is 85.2 Å². The molecule has 47 heavy (non-hydrogen) atoms. The van der Waals surface area contributed by atoms with Gasteiger partial charge in [-0.05, 0) is 0 Å². The SMILES string of the molecule is F[C@@H](OC(F)(F)[C@@](F)(OC(F)(F)[C@](F)(OC(F)(F)[C@](F)(OC(F)(F)C(F)(F)C(F)(F)F)C(F)(F)F)C(F)(F)F)C(F)(F)F)C(F)(F)F. The molecule has 0 unspecified atom stereocenters. The van der Waals surface area contributed by atoms with E-state index in [1.165, 1.54) is 4.74 Å². The van der Waals surface area contributed by atoms with E-state index >= 15 is 0 Å². The van der Waals surface area contributed by atoms with Crippen molar-refractivity contribution in [3.8, 4) is 0 Å². The van der Waals surface area contributed by atoms with Gasteiger partial charge in [-0.3, -0.25) is 18.9 Å². The van der Waals surface area contributed by atoms with E-state index in [-0.39, 0.29) is 0 Å². The molecule has 0 aromatic rings. The zero-order valence-electron chi connectivity index (χ0n) is 19.7. The van der Waals surface area contributed by atoms with Gasteiger partial charge in [0.05, 0.1) is 0 Å². The van der Waals surface area contributed by atoms with E-state index in [9.17, 15) is 127 Å². The van der Waals surface area contributed by atoms with Crippen LogP contribution in [0, 0.1) is 0 Å². The molecule has 33 heteroatoms. The van der Waals surface area contributed by atoms with Crippen molar-refractivity contribution in [3.05, 3.63) is 0 Å². The Morgan fingerprint density at radius 1 is 0.298 bits per heavy atom. The third-order valence-electron chi connectivity index (χ3n) is 4.25. The lowest BCUT2D eigenvalue weighted by Gasteiger charge is -2.43. The molecule has 0 spiro atoms. The molecule has 0 rings (SSSR count). The predicted octanol–water partition coefficient (Wildman–Crippen LogP) is 9.16. The van der Waals surface area contributed by atoms with Gasteiger partial charge in [0.25, 0.3) is 6.36 Å². The summed E-state index contributed by atoms with van der Waals surface area (Å²) in [6.07, 6.45) is -81.9. The second-order valence-corrected chi connectivity index (χ2v) is 7.70. The molecule has 0 N–H and O–H groups in total. The standard InChI is InChI=1S/C14HF29O4/c15-1(2(16,17)18)44-12(38,39)4(21,8(27,28)29)46-14(42,43)6(23,10(33,34)35)47-13(40,41)5(22,9(30,31)32)45-11(36,37)3(19,20)7(24,25)26/h1H/t1-,4-,5+,6+/m0/s1. The van der Waals surface area contributed by atoms with Crippen LogP contribution in [0.3, 0.4) is 0 Å². The zero-order chi connectivity index (χ0) is 38.9. The summed E-state index contributed by atoms with van der Waals surface area (Å²) in [6.45, 7) is 0. The minimum Gasteiger partial charge on any atom is -0.272 e. The summed E-state index contributed by atoms with van der Waals surface area (Å²) in [5.74, 6) is -35.1. The first-order valence-corrected chi connectivity index (χ1v) is 9.46. The largest absolute Gasteiger partial charge is 0.462 e. The molecule has 0 aliphatic carbocycles. The van der Waals surface area contributed by atoms with Crippen LogP contribution in [0.15, 0.2) is 0 Å². The van der Waals surface area contributed by atoms with Gasteiger partial charge in [-0.2, -0.15) is 123 Å². The average molecular weight is 784 g/mol. The molecule has 0 aliphatic rings. The first kappa shape index (κ1) is 44.8. The minimum absolute atomic E-state index is 0.844. The molecule has 284 valence electrons. The van der Waals surface area contributed by atoms with Gasteiger partial charge in [0.1, 0.15) is 0 Å². The van der Waals surface area contributed by atoms with Gasteiger partial charge < -0.3 is 0 Å². The summed E-state index contributed by atoms with van der Waals surface area (Å²) >= 11 is 0. The van der Waals surface area contributed by atoms with Gasteiger partial charge in [0.15, 0.2) is 0 Å². The fourth-order valence-electron chi connectivity index (χ4n) is 2.01. The maximum Gasteiger partial charge on any atom is 0.462 e. The van der Waals surface area contributed by atoms with E-state index in [0.29, 0.717) is 0 Å². The summed E-state index contributed by atoms with van der Waals surface area (Å²) < 4.78 is 381. The third-order valence-corrected chi connectivity index (χ3v) is 4.25. The summed E-state index contributed by atoms with van der Waals surface area (Å²) in [7, 11) is 0. The number of alkyl halides is 29. The molecular formula is C14HF29O4. The maximum atomic E-state index is 14.2. The molecule has 0 bridgehead atoms. The van der Waals surface area contributed by atoms with Gasteiger partial charge >= 0.3 is 78.8 Å². The monoisotopic (exact) mass is 784 g/mol. The second kappa shape index (κ2) is 11.7. The molecule has 0 fully saturated rings. The molecule has 0 aromatic carbocycles. The summed E-state index contributed by atoms with van der Waals surface area (Å²) in [4.78, 5) is 0. The van der Waals surface area contributed by atoms with Crippen LogP contribution in [0.1, 0.15) is 0 Å². The number of rotatable bonds is 12. The first-order valence-electron chi connectivity index (χ1n) is 9.46. The Bertz CT molecular complexity index is 1080. The van der Waals surface area contributed by atoms with Crippen molar-refractivity contribution in [1.82, 2.24) is 0 Å². The van der Waals surface area contributed by atoms with Gasteiger partial charge in [-0.25, -0.2) is 4.39 Å². The van der Waals surface area contributed by atoms with E-state index < -0.39 is 85.2 Å². The predicted molar refractivity (Wildman–Crippen MR) is 75.8 cm³/mol. The lowest BCUT2D eigenvalue weighted by Crippen LogP contribution is -2.71. The van der Waals surface area contributed by atoms with Crippen molar-refractivity contribution in [1.29, 1.82) is 0 Å². The quantitative estimate of drug-likeness (QED) is 0.185. The van der Waals surface area contributed by atoms with Crippen LogP contribution in [-0.2, 0) is 18.9 Å². The molecule has 0 saturated carbocycles. The highest BCUT2D eigenvalue weighted by atomic mass is 19.4. The Morgan fingerprint density at radius 2 is 0.532 bits per heavy atom. The maximum absolute atomic E-state index is 14.2. The van der Waals surface area contributed by atoms with Crippen LogP contribution in [0.4, 0.5) is 127 Å². The molecule has 0 aromatic heterocycles. The fourth-order valence-corrected chi connectivity index (χ4v) is 2.01. The summed E-state index contributed by atoms with van der Waals surface area (Å²) in [5, 5.41) is 0. The van der Waals surface area contributed by atoms with Crippen molar-refractivity contribution in [2.24, 2.45) is 0 Å². The van der Waals surface area contributed by atoms with E-state index in [0.717, 1.165) is 14.2 Å². The molecule has 0 saturated heterocycles. The highest BCUT2D eigenvalue weighted by Crippen LogP contribution is 2.60. The molecule has 0 aliphatic heterocycles. The molecule has 0 radical (unpaired) electrons. The smallest absolute Gasteiger partial charge is 0.272 e. The van der Waals surface area contributed by atoms with Crippen molar-refractivity contribution < 1.29 is 146 Å². The Balaban J connectivity index is 7.48. The lowest BCUT2D eigenvalue weighted by atomic mass is 10.2. The highest BCUT2D eigenvalue weighted by Gasteiger charge is 2.89. The summed E-state index contributed by atoms with van der Waals surface area (Å²) in [5.41, 5.74) is 0.